The van der Waals surface area contributed by atoms with E-state index in [9.17, 15) is 18.0 Å². The third kappa shape index (κ3) is 2.49. The Labute approximate surface area is 101 Å². The topological polar surface area (TPSA) is 47.6 Å². The van der Waals surface area contributed by atoms with Crippen LogP contribution in [0.3, 0.4) is 0 Å². The number of halogens is 3. The zero-order valence-corrected chi connectivity index (χ0v) is 9.38. The van der Waals surface area contributed by atoms with Crippen LogP contribution in [0.15, 0.2) is 18.2 Å². The third-order valence-corrected chi connectivity index (χ3v) is 2.50. The first kappa shape index (κ1) is 12.5. The molecule has 0 fully saturated rings. The molecule has 1 atom stereocenters. The zero-order valence-electron chi connectivity index (χ0n) is 9.38. The first-order valence-corrected chi connectivity index (χ1v) is 5.15. The van der Waals surface area contributed by atoms with Gasteiger partial charge in [0.2, 0.25) is 6.79 Å². The number of fused-ring (bicyclic) bond motifs is 1. The number of rotatable bonds is 2. The molecule has 7 heteroatoms. The van der Waals surface area contributed by atoms with Crippen molar-refractivity contribution < 1.29 is 27.4 Å². The average molecular weight is 261 g/mol. The molecule has 0 aromatic heterocycles. The largest absolute Gasteiger partial charge is 0.471 e. The molecule has 1 aliphatic rings. The molecule has 0 bridgehead atoms. The van der Waals surface area contributed by atoms with Crippen molar-refractivity contribution in [2.75, 3.05) is 6.79 Å². The van der Waals surface area contributed by atoms with Gasteiger partial charge in [-0.3, -0.25) is 4.79 Å². The number of hydrogen-bond donors (Lipinski definition) is 1. The quantitative estimate of drug-likeness (QED) is 0.887. The summed E-state index contributed by atoms with van der Waals surface area (Å²) in [7, 11) is 0. The van der Waals surface area contributed by atoms with E-state index < -0.39 is 18.1 Å². The molecule has 0 spiro atoms. The number of ether oxygens (including phenoxy) is 2. The highest BCUT2D eigenvalue weighted by atomic mass is 19.4. The molecule has 98 valence electrons. The van der Waals surface area contributed by atoms with Crippen LogP contribution in [0.25, 0.3) is 0 Å². The first-order valence-electron chi connectivity index (χ1n) is 5.15. The minimum absolute atomic E-state index is 0.0854. The van der Waals surface area contributed by atoms with E-state index in [2.05, 4.69) is 0 Å². The van der Waals surface area contributed by atoms with Gasteiger partial charge in [-0.15, -0.1) is 0 Å². The van der Waals surface area contributed by atoms with Gasteiger partial charge in [-0.25, -0.2) is 0 Å². The Hall–Kier alpha value is -1.92. The van der Waals surface area contributed by atoms with Crippen LogP contribution in [0.2, 0.25) is 0 Å². The van der Waals surface area contributed by atoms with E-state index in [1.165, 1.54) is 6.92 Å². The van der Waals surface area contributed by atoms with Gasteiger partial charge in [0.05, 0.1) is 6.04 Å². The lowest BCUT2D eigenvalue weighted by molar-refractivity contribution is -0.174. The highest BCUT2D eigenvalue weighted by molar-refractivity contribution is 5.82. The minimum atomic E-state index is -4.88. The van der Waals surface area contributed by atoms with Crippen LogP contribution in [0.1, 0.15) is 18.5 Å². The van der Waals surface area contributed by atoms with E-state index in [-0.39, 0.29) is 6.79 Å². The predicted molar refractivity (Wildman–Crippen MR) is 55.2 cm³/mol. The highest BCUT2D eigenvalue weighted by Crippen LogP contribution is 2.34. The Morgan fingerprint density at radius 2 is 2.00 bits per heavy atom. The molecule has 1 unspecified atom stereocenters. The van der Waals surface area contributed by atoms with Gasteiger partial charge in [0.1, 0.15) is 0 Å². The van der Waals surface area contributed by atoms with Crippen LogP contribution in [0.5, 0.6) is 11.5 Å². The van der Waals surface area contributed by atoms with Crippen LogP contribution in [0.4, 0.5) is 13.2 Å². The smallest absolute Gasteiger partial charge is 0.454 e. The van der Waals surface area contributed by atoms with Crippen molar-refractivity contribution in [2.45, 2.75) is 19.1 Å². The van der Waals surface area contributed by atoms with Gasteiger partial charge in [-0.1, -0.05) is 6.07 Å². The molecule has 4 nitrogen and oxygen atoms in total. The molecule has 1 amide bonds. The van der Waals surface area contributed by atoms with Crippen molar-refractivity contribution in [3.8, 4) is 11.5 Å². The molecule has 1 heterocycles. The highest BCUT2D eigenvalue weighted by Gasteiger charge is 2.39. The Balaban J connectivity index is 2.10. The molecule has 1 aromatic rings. The lowest BCUT2D eigenvalue weighted by atomic mass is 10.1. The number of benzene rings is 1. The van der Waals surface area contributed by atoms with E-state index in [1.807, 2.05) is 5.32 Å². The van der Waals surface area contributed by atoms with E-state index in [4.69, 9.17) is 9.47 Å². The molecule has 0 aliphatic carbocycles. The van der Waals surface area contributed by atoms with Crippen LogP contribution in [-0.2, 0) is 4.79 Å². The second-order valence-corrected chi connectivity index (χ2v) is 3.81. The van der Waals surface area contributed by atoms with E-state index >= 15 is 0 Å². The van der Waals surface area contributed by atoms with Crippen molar-refractivity contribution in [1.29, 1.82) is 0 Å². The first-order chi connectivity index (χ1) is 8.38. The van der Waals surface area contributed by atoms with Crippen LogP contribution < -0.4 is 14.8 Å². The van der Waals surface area contributed by atoms with Crippen molar-refractivity contribution in [2.24, 2.45) is 0 Å². The number of hydrogen-bond acceptors (Lipinski definition) is 3. The molecular weight excluding hydrogens is 251 g/mol. The van der Waals surface area contributed by atoms with E-state index in [0.29, 0.717) is 17.1 Å². The minimum Gasteiger partial charge on any atom is -0.454 e. The second kappa shape index (κ2) is 4.40. The molecule has 2 rings (SSSR count). The van der Waals surface area contributed by atoms with Crippen LogP contribution in [-0.4, -0.2) is 18.9 Å². The summed E-state index contributed by atoms with van der Waals surface area (Å²) < 4.78 is 46.4. The number of carbonyl (C=O) groups is 1. The van der Waals surface area contributed by atoms with Gasteiger partial charge < -0.3 is 14.8 Å². The lowest BCUT2D eigenvalue weighted by Crippen LogP contribution is -2.38. The van der Waals surface area contributed by atoms with Gasteiger partial charge in [0.15, 0.2) is 11.5 Å². The van der Waals surface area contributed by atoms with E-state index in [0.717, 1.165) is 0 Å². The summed E-state index contributed by atoms with van der Waals surface area (Å²) in [4.78, 5) is 10.8. The lowest BCUT2D eigenvalue weighted by Gasteiger charge is -2.15. The van der Waals surface area contributed by atoms with E-state index in [1.54, 1.807) is 18.2 Å². The fourth-order valence-electron chi connectivity index (χ4n) is 1.54. The fourth-order valence-corrected chi connectivity index (χ4v) is 1.54. The van der Waals surface area contributed by atoms with Gasteiger partial charge >= 0.3 is 12.1 Å². The van der Waals surface area contributed by atoms with Crippen molar-refractivity contribution in [1.82, 2.24) is 5.32 Å². The van der Waals surface area contributed by atoms with Crippen molar-refractivity contribution in [3.05, 3.63) is 23.8 Å². The molecule has 0 saturated carbocycles. The predicted octanol–water partition coefficient (Wildman–Crippen LogP) is 2.15. The van der Waals surface area contributed by atoms with Crippen molar-refractivity contribution in [3.63, 3.8) is 0 Å². The Bertz CT molecular complexity index is 473. The number of carbonyl (C=O) groups excluding carboxylic acids is 1. The number of alkyl halides is 3. The molecule has 1 aromatic carbocycles. The molecule has 0 radical (unpaired) electrons. The SMILES string of the molecule is CC(NC(=O)C(F)(F)F)c1ccc2c(c1)OCO2. The second-order valence-electron chi connectivity index (χ2n) is 3.81. The summed E-state index contributed by atoms with van der Waals surface area (Å²) >= 11 is 0. The maximum atomic E-state index is 12.1. The summed E-state index contributed by atoms with van der Waals surface area (Å²) in [5.74, 6) is -0.971. The van der Waals surface area contributed by atoms with Gasteiger partial charge in [-0.2, -0.15) is 13.2 Å². The molecule has 0 saturated heterocycles. The van der Waals surface area contributed by atoms with Gasteiger partial charge in [-0.05, 0) is 24.6 Å². The standard InChI is InChI=1S/C11H10F3NO3/c1-6(15-10(16)11(12,13)14)7-2-3-8-9(4-7)18-5-17-8/h2-4,6H,5H2,1H3,(H,15,16). The summed E-state index contributed by atoms with van der Waals surface area (Å²) in [6, 6.07) is 3.94. The Morgan fingerprint density at radius 1 is 1.33 bits per heavy atom. The fraction of sp³-hybridized carbons (Fsp3) is 0.364. The monoisotopic (exact) mass is 261 g/mol. The molecule has 18 heavy (non-hydrogen) atoms. The summed E-state index contributed by atoms with van der Waals surface area (Å²) in [6.07, 6.45) is -4.88. The van der Waals surface area contributed by atoms with Crippen LogP contribution >= 0.6 is 0 Å². The normalized spacial score (nSPS) is 15.3. The van der Waals surface area contributed by atoms with Crippen molar-refractivity contribution >= 4 is 5.91 Å². The average Bonchev–Trinajstić information content (AvgIpc) is 2.74. The maximum absolute atomic E-state index is 12.1. The van der Waals surface area contributed by atoms with Gasteiger partial charge in [0, 0.05) is 0 Å². The summed E-state index contributed by atoms with van der Waals surface area (Å²) in [5.41, 5.74) is 0.511. The number of amides is 1. The third-order valence-electron chi connectivity index (χ3n) is 2.50. The summed E-state index contributed by atoms with van der Waals surface area (Å²) in [6.45, 7) is 1.54. The van der Waals surface area contributed by atoms with Crippen LogP contribution in [0, 0.1) is 0 Å². The summed E-state index contributed by atoms with van der Waals surface area (Å²) in [5, 5.41) is 1.87. The number of nitrogens with one attached hydrogen (secondary N) is 1. The Kier molecular flexibility index (Phi) is 3.06. The Morgan fingerprint density at radius 3 is 2.67 bits per heavy atom. The van der Waals surface area contributed by atoms with Gasteiger partial charge in [0.25, 0.3) is 0 Å². The molecule has 1 N–H and O–H groups in total. The molecule has 1 aliphatic heterocycles. The molecular formula is C11H10F3NO3. The zero-order chi connectivity index (χ0) is 13.3. The maximum Gasteiger partial charge on any atom is 0.471 e.